The summed E-state index contributed by atoms with van der Waals surface area (Å²) in [5, 5.41) is 0. The second-order valence-electron chi connectivity index (χ2n) is 5.40. The number of aromatic nitrogens is 1. The largest absolute Gasteiger partial charge is 0.378 e. The van der Waals surface area contributed by atoms with Crippen molar-refractivity contribution in [1.29, 1.82) is 0 Å². The Labute approximate surface area is 150 Å². The van der Waals surface area contributed by atoms with Crippen LogP contribution in [0.3, 0.4) is 0 Å². The smallest absolute Gasteiger partial charge is 0.240 e. The third-order valence-corrected chi connectivity index (χ3v) is 5.68. The first-order valence-electron chi connectivity index (χ1n) is 7.57. The van der Waals surface area contributed by atoms with Gasteiger partial charge in [0.25, 0.3) is 0 Å². The number of nitrogens with zero attached hydrogens (tertiary/aromatic N) is 2. The lowest BCUT2D eigenvalue weighted by atomic mass is 10.2. The van der Waals surface area contributed by atoms with Crippen molar-refractivity contribution in [3.05, 3.63) is 52.6 Å². The lowest BCUT2D eigenvalue weighted by Gasteiger charge is -2.28. The summed E-state index contributed by atoms with van der Waals surface area (Å²) >= 11 is 3.30. The van der Waals surface area contributed by atoms with Crippen LogP contribution in [-0.4, -0.2) is 39.7 Å². The van der Waals surface area contributed by atoms with Crippen LogP contribution in [0.5, 0.6) is 0 Å². The highest BCUT2D eigenvalue weighted by molar-refractivity contribution is 9.10. The minimum absolute atomic E-state index is 0.220. The molecule has 1 saturated heterocycles. The second-order valence-corrected chi connectivity index (χ2v) is 8.08. The molecule has 0 aliphatic carbocycles. The molecule has 1 aromatic carbocycles. The number of hydrogen-bond donors (Lipinski definition) is 1. The maximum absolute atomic E-state index is 12.3. The second kappa shape index (κ2) is 7.60. The fourth-order valence-electron chi connectivity index (χ4n) is 2.41. The van der Waals surface area contributed by atoms with E-state index in [1.54, 1.807) is 30.5 Å². The van der Waals surface area contributed by atoms with Crippen LogP contribution in [0.1, 0.15) is 5.56 Å². The summed E-state index contributed by atoms with van der Waals surface area (Å²) in [6.07, 6.45) is 1.70. The summed E-state index contributed by atoms with van der Waals surface area (Å²) in [4.78, 5) is 6.74. The maximum Gasteiger partial charge on any atom is 0.240 e. The molecule has 0 bridgehead atoms. The molecule has 6 nitrogen and oxygen atoms in total. The van der Waals surface area contributed by atoms with E-state index in [0.717, 1.165) is 28.9 Å². The van der Waals surface area contributed by atoms with Crippen LogP contribution in [0.4, 0.5) is 5.82 Å². The van der Waals surface area contributed by atoms with Crippen LogP contribution in [0.2, 0.25) is 0 Å². The number of nitrogens with one attached hydrogen (secondary N) is 1. The zero-order valence-corrected chi connectivity index (χ0v) is 15.4. The number of hydrogen-bond acceptors (Lipinski definition) is 5. The fourth-order valence-corrected chi connectivity index (χ4v) is 3.69. The van der Waals surface area contributed by atoms with Gasteiger partial charge in [-0.2, -0.15) is 0 Å². The van der Waals surface area contributed by atoms with Gasteiger partial charge >= 0.3 is 0 Å². The Hall–Kier alpha value is -1.48. The summed E-state index contributed by atoms with van der Waals surface area (Å²) in [6.45, 7) is 3.17. The SMILES string of the molecule is O=S(=O)(NCc1ccnc(N2CCOCC2)c1)c1ccc(Br)cc1. The normalized spacial score (nSPS) is 15.5. The topological polar surface area (TPSA) is 71.5 Å². The molecule has 0 amide bonds. The predicted octanol–water partition coefficient (Wildman–Crippen LogP) is 2.16. The van der Waals surface area contributed by atoms with E-state index in [4.69, 9.17) is 4.74 Å². The van der Waals surface area contributed by atoms with E-state index in [2.05, 4.69) is 30.5 Å². The molecule has 0 atom stereocenters. The Morgan fingerprint density at radius 1 is 1.17 bits per heavy atom. The fraction of sp³-hybridized carbons (Fsp3) is 0.312. The Morgan fingerprint density at radius 2 is 1.88 bits per heavy atom. The highest BCUT2D eigenvalue weighted by Gasteiger charge is 2.15. The number of pyridine rings is 1. The molecular formula is C16H18BrN3O3S. The van der Waals surface area contributed by atoms with E-state index in [-0.39, 0.29) is 11.4 Å². The Kier molecular flexibility index (Phi) is 5.50. The van der Waals surface area contributed by atoms with Crippen LogP contribution in [-0.2, 0) is 21.3 Å². The summed E-state index contributed by atoms with van der Waals surface area (Å²) in [7, 11) is -3.54. The van der Waals surface area contributed by atoms with E-state index in [1.165, 1.54) is 0 Å². The van der Waals surface area contributed by atoms with Gasteiger partial charge in [0, 0.05) is 30.3 Å². The Balaban J connectivity index is 1.68. The summed E-state index contributed by atoms with van der Waals surface area (Å²) in [5.74, 6) is 0.846. The van der Waals surface area contributed by atoms with Crippen molar-refractivity contribution in [3.63, 3.8) is 0 Å². The Bertz CT molecular complexity index is 790. The predicted molar refractivity (Wildman–Crippen MR) is 95.4 cm³/mol. The van der Waals surface area contributed by atoms with Gasteiger partial charge in [0.2, 0.25) is 10.0 Å². The van der Waals surface area contributed by atoms with E-state index >= 15 is 0 Å². The zero-order chi connectivity index (χ0) is 17.0. The van der Waals surface area contributed by atoms with Gasteiger partial charge in [-0.05, 0) is 42.0 Å². The van der Waals surface area contributed by atoms with E-state index < -0.39 is 10.0 Å². The number of sulfonamides is 1. The van der Waals surface area contributed by atoms with Gasteiger partial charge in [0.15, 0.2) is 0 Å². The lowest BCUT2D eigenvalue weighted by molar-refractivity contribution is 0.122. The molecule has 1 aliphatic heterocycles. The van der Waals surface area contributed by atoms with Crippen LogP contribution >= 0.6 is 15.9 Å². The molecule has 2 heterocycles. The van der Waals surface area contributed by atoms with Gasteiger partial charge in [0.05, 0.1) is 18.1 Å². The number of halogens is 1. The van der Waals surface area contributed by atoms with E-state index in [0.29, 0.717) is 13.2 Å². The van der Waals surface area contributed by atoms with Gasteiger partial charge in [-0.3, -0.25) is 0 Å². The zero-order valence-electron chi connectivity index (χ0n) is 13.0. The number of morpholine rings is 1. The molecule has 24 heavy (non-hydrogen) atoms. The molecule has 8 heteroatoms. The molecular weight excluding hydrogens is 394 g/mol. The summed E-state index contributed by atoms with van der Waals surface area (Å²) in [5.41, 5.74) is 0.868. The van der Waals surface area contributed by atoms with Crippen molar-refractivity contribution in [3.8, 4) is 0 Å². The first-order chi connectivity index (χ1) is 11.5. The number of rotatable bonds is 5. The van der Waals surface area contributed by atoms with Crippen molar-refractivity contribution in [2.45, 2.75) is 11.4 Å². The van der Waals surface area contributed by atoms with Crippen molar-refractivity contribution in [2.24, 2.45) is 0 Å². The number of benzene rings is 1. The molecule has 0 unspecified atom stereocenters. The molecule has 0 saturated carbocycles. The Morgan fingerprint density at radius 3 is 2.58 bits per heavy atom. The van der Waals surface area contributed by atoms with Crippen molar-refractivity contribution in [1.82, 2.24) is 9.71 Å². The summed E-state index contributed by atoms with van der Waals surface area (Å²) in [6, 6.07) is 10.3. The highest BCUT2D eigenvalue weighted by atomic mass is 79.9. The molecule has 1 fully saturated rings. The average Bonchev–Trinajstić information content (AvgIpc) is 2.61. The van der Waals surface area contributed by atoms with Gasteiger partial charge in [-0.1, -0.05) is 15.9 Å². The van der Waals surface area contributed by atoms with Crippen LogP contribution in [0.15, 0.2) is 52.0 Å². The maximum atomic E-state index is 12.3. The third kappa shape index (κ3) is 4.32. The quantitative estimate of drug-likeness (QED) is 0.815. The van der Waals surface area contributed by atoms with Crippen LogP contribution in [0.25, 0.3) is 0 Å². The summed E-state index contributed by atoms with van der Waals surface area (Å²) < 4.78 is 33.5. The lowest BCUT2D eigenvalue weighted by Crippen LogP contribution is -2.36. The van der Waals surface area contributed by atoms with Crippen LogP contribution in [0, 0.1) is 0 Å². The van der Waals surface area contributed by atoms with Gasteiger partial charge in [-0.25, -0.2) is 18.1 Å². The average molecular weight is 412 g/mol. The molecule has 0 radical (unpaired) electrons. The number of ether oxygens (including phenoxy) is 1. The molecule has 128 valence electrons. The van der Waals surface area contributed by atoms with E-state index in [9.17, 15) is 8.42 Å². The van der Waals surface area contributed by atoms with Gasteiger partial charge < -0.3 is 9.64 Å². The minimum atomic E-state index is -3.54. The molecule has 3 rings (SSSR count). The number of anilines is 1. The van der Waals surface area contributed by atoms with E-state index in [1.807, 2.05) is 12.1 Å². The molecule has 1 aliphatic rings. The van der Waals surface area contributed by atoms with Crippen molar-refractivity contribution in [2.75, 3.05) is 31.2 Å². The standard InChI is InChI=1S/C16H18BrN3O3S/c17-14-1-3-15(4-2-14)24(21,22)19-12-13-5-6-18-16(11-13)20-7-9-23-10-8-20/h1-6,11,19H,7-10,12H2. The van der Waals surface area contributed by atoms with Gasteiger partial charge in [-0.15, -0.1) is 0 Å². The first kappa shape index (κ1) is 17.3. The van der Waals surface area contributed by atoms with Gasteiger partial charge in [0.1, 0.15) is 5.82 Å². The monoisotopic (exact) mass is 411 g/mol. The molecule has 1 N–H and O–H groups in total. The molecule has 1 aromatic heterocycles. The highest BCUT2D eigenvalue weighted by Crippen LogP contribution is 2.17. The van der Waals surface area contributed by atoms with Crippen molar-refractivity contribution >= 4 is 31.8 Å². The van der Waals surface area contributed by atoms with Crippen molar-refractivity contribution < 1.29 is 13.2 Å². The first-order valence-corrected chi connectivity index (χ1v) is 9.85. The van der Waals surface area contributed by atoms with Crippen LogP contribution < -0.4 is 9.62 Å². The third-order valence-electron chi connectivity index (χ3n) is 3.74. The minimum Gasteiger partial charge on any atom is -0.378 e. The molecule has 2 aromatic rings. The molecule has 0 spiro atoms.